The third-order valence-corrected chi connectivity index (χ3v) is 4.46. The second-order valence-corrected chi connectivity index (χ2v) is 6.07. The average Bonchev–Trinajstić information content (AvgIpc) is 2.51. The summed E-state index contributed by atoms with van der Waals surface area (Å²) in [5, 5.41) is 0. The molecule has 1 fully saturated rings. The van der Waals surface area contributed by atoms with Gasteiger partial charge in [-0.05, 0) is 45.7 Å². The smallest absolute Gasteiger partial charge is 0.226 e. The molecular weight excluding hydrogens is 260 g/mol. The highest BCUT2D eigenvalue weighted by molar-refractivity contribution is 5.79. The van der Waals surface area contributed by atoms with E-state index in [4.69, 9.17) is 0 Å². The van der Waals surface area contributed by atoms with Crippen LogP contribution in [-0.4, -0.2) is 41.9 Å². The molecular formula is C18H28N2O. The van der Waals surface area contributed by atoms with Crippen molar-refractivity contribution in [2.24, 2.45) is 5.92 Å². The number of carbonyl (C=O) groups excluding carboxylic acids is 1. The fourth-order valence-corrected chi connectivity index (χ4v) is 3.15. The maximum Gasteiger partial charge on any atom is 0.226 e. The molecule has 1 aliphatic heterocycles. The zero-order valence-electron chi connectivity index (χ0n) is 13.6. The van der Waals surface area contributed by atoms with Crippen molar-refractivity contribution in [3.05, 3.63) is 35.4 Å². The van der Waals surface area contributed by atoms with Crippen LogP contribution in [-0.2, 0) is 11.3 Å². The Hall–Kier alpha value is -1.35. The molecule has 3 heteroatoms. The predicted molar refractivity (Wildman–Crippen MR) is 87.1 cm³/mol. The van der Waals surface area contributed by atoms with E-state index in [-0.39, 0.29) is 5.92 Å². The van der Waals surface area contributed by atoms with Gasteiger partial charge in [0.2, 0.25) is 5.91 Å². The first-order valence-electron chi connectivity index (χ1n) is 8.20. The molecule has 116 valence electrons. The van der Waals surface area contributed by atoms with Gasteiger partial charge >= 0.3 is 0 Å². The first kappa shape index (κ1) is 16.0. The monoisotopic (exact) mass is 288 g/mol. The van der Waals surface area contributed by atoms with Crippen molar-refractivity contribution in [2.45, 2.75) is 40.2 Å². The van der Waals surface area contributed by atoms with E-state index < -0.39 is 0 Å². The fourth-order valence-electron chi connectivity index (χ4n) is 3.15. The number of rotatable bonds is 5. The largest absolute Gasteiger partial charge is 0.343 e. The van der Waals surface area contributed by atoms with E-state index in [1.54, 1.807) is 0 Å². The Morgan fingerprint density at radius 2 is 1.90 bits per heavy atom. The summed E-state index contributed by atoms with van der Waals surface area (Å²) in [4.78, 5) is 16.9. The normalized spacial score (nSPS) is 19.5. The lowest BCUT2D eigenvalue weighted by atomic mass is 9.96. The van der Waals surface area contributed by atoms with Crippen LogP contribution in [0.1, 0.15) is 37.8 Å². The lowest BCUT2D eigenvalue weighted by Crippen LogP contribution is -2.44. The first-order valence-corrected chi connectivity index (χ1v) is 8.20. The quantitative estimate of drug-likeness (QED) is 0.831. The van der Waals surface area contributed by atoms with Gasteiger partial charge in [-0.2, -0.15) is 0 Å². The van der Waals surface area contributed by atoms with Gasteiger partial charge in [-0.25, -0.2) is 0 Å². The van der Waals surface area contributed by atoms with E-state index in [9.17, 15) is 4.79 Å². The third-order valence-electron chi connectivity index (χ3n) is 4.46. The molecule has 1 heterocycles. The molecule has 0 aromatic heterocycles. The average molecular weight is 288 g/mol. The van der Waals surface area contributed by atoms with Gasteiger partial charge in [0.15, 0.2) is 0 Å². The van der Waals surface area contributed by atoms with Gasteiger partial charge in [0.05, 0.1) is 5.92 Å². The van der Waals surface area contributed by atoms with Crippen molar-refractivity contribution in [2.75, 3.05) is 26.2 Å². The minimum absolute atomic E-state index is 0.184. The Labute approximate surface area is 128 Å². The van der Waals surface area contributed by atoms with Gasteiger partial charge in [0.25, 0.3) is 0 Å². The summed E-state index contributed by atoms with van der Waals surface area (Å²) in [7, 11) is 0. The van der Waals surface area contributed by atoms with Crippen LogP contribution in [0.2, 0.25) is 0 Å². The maximum absolute atomic E-state index is 12.5. The second-order valence-electron chi connectivity index (χ2n) is 6.07. The Kier molecular flexibility index (Phi) is 5.80. The van der Waals surface area contributed by atoms with Gasteiger partial charge in [0.1, 0.15) is 0 Å². The number of benzene rings is 1. The number of likely N-dealkylation sites (tertiary alicyclic amines) is 1. The predicted octanol–water partition coefficient (Wildman–Crippen LogP) is 3.08. The topological polar surface area (TPSA) is 23.6 Å². The fraction of sp³-hybridized carbons (Fsp3) is 0.611. The lowest BCUT2D eigenvalue weighted by Gasteiger charge is -2.34. The Balaban J connectivity index is 1.94. The minimum Gasteiger partial charge on any atom is -0.343 e. The molecule has 3 nitrogen and oxygen atoms in total. The molecule has 1 aliphatic rings. The molecule has 0 N–H and O–H groups in total. The number of hydrogen-bond acceptors (Lipinski definition) is 2. The minimum atomic E-state index is 0.184. The van der Waals surface area contributed by atoms with Crippen molar-refractivity contribution in [1.82, 2.24) is 9.80 Å². The molecule has 0 radical (unpaired) electrons. The standard InChI is InChI=1S/C18H28N2O/c1-4-20(5-2)18(21)17-7-6-12-19(14-17)13-16-10-8-15(3)9-11-16/h8-11,17H,4-7,12-14H2,1-3H3/t17-/m0/s1. The van der Waals surface area contributed by atoms with Crippen molar-refractivity contribution < 1.29 is 4.79 Å². The van der Waals surface area contributed by atoms with Crippen LogP contribution in [0, 0.1) is 12.8 Å². The van der Waals surface area contributed by atoms with Gasteiger partial charge in [-0.15, -0.1) is 0 Å². The maximum atomic E-state index is 12.5. The Bertz CT molecular complexity index is 451. The highest BCUT2D eigenvalue weighted by atomic mass is 16.2. The van der Waals surface area contributed by atoms with Crippen LogP contribution in [0.5, 0.6) is 0 Å². The zero-order valence-corrected chi connectivity index (χ0v) is 13.6. The molecule has 2 rings (SSSR count). The molecule has 1 saturated heterocycles. The summed E-state index contributed by atoms with van der Waals surface area (Å²) in [5.74, 6) is 0.526. The molecule has 1 atom stereocenters. The molecule has 0 unspecified atom stereocenters. The summed E-state index contributed by atoms with van der Waals surface area (Å²) in [5.41, 5.74) is 2.64. The van der Waals surface area contributed by atoms with Crippen molar-refractivity contribution >= 4 is 5.91 Å². The van der Waals surface area contributed by atoms with E-state index in [2.05, 4.69) is 49.9 Å². The number of amides is 1. The third kappa shape index (κ3) is 4.31. The zero-order chi connectivity index (χ0) is 15.2. The SMILES string of the molecule is CCN(CC)C(=O)[C@H]1CCCN(Cc2ccc(C)cc2)C1. The molecule has 1 aromatic carbocycles. The van der Waals surface area contributed by atoms with E-state index >= 15 is 0 Å². The summed E-state index contributed by atoms with van der Waals surface area (Å²) >= 11 is 0. The first-order chi connectivity index (χ1) is 10.1. The molecule has 0 bridgehead atoms. The molecule has 0 aliphatic carbocycles. The van der Waals surface area contributed by atoms with E-state index in [0.717, 1.165) is 45.6 Å². The Morgan fingerprint density at radius 3 is 2.52 bits per heavy atom. The van der Waals surface area contributed by atoms with Gasteiger partial charge in [0, 0.05) is 26.2 Å². The van der Waals surface area contributed by atoms with Gasteiger partial charge < -0.3 is 4.90 Å². The lowest BCUT2D eigenvalue weighted by molar-refractivity contribution is -0.137. The molecule has 1 amide bonds. The van der Waals surface area contributed by atoms with Crippen LogP contribution >= 0.6 is 0 Å². The number of carbonyl (C=O) groups is 1. The molecule has 0 saturated carbocycles. The highest BCUT2D eigenvalue weighted by Gasteiger charge is 2.28. The number of hydrogen-bond donors (Lipinski definition) is 0. The van der Waals surface area contributed by atoms with Crippen LogP contribution in [0.3, 0.4) is 0 Å². The Morgan fingerprint density at radius 1 is 1.24 bits per heavy atom. The van der Waals surface area contributed by atoms with Crippen LogP contribution in [0.15, 0.2) is 24.3 Å². The van der Waals surface area contributed by atoms with E-state index in [1.807, 2.05) is 4.90 Å². The van der Waals surface area contributed by atoms with Crippen molar-refractivity contribution in [3.63, 3.8) is 0 Å². The van der Waals surface area contributed by atoms with Gasteiger partial charge in [-0.3, -0.25) is 9.69 Å². The summed E-state index contributed by atoms with van der Waals surface area (Å²) < 4.78 is 0. The van der Waals surface area contributed by atoms with Crippen LogP contribution in [0.4, 0.5) is 0 Å². The van der Waals surface area contributed by atoms with Crippen molar-refractivity contribution in [1.29, 1.82) is 0 Å². The van der Waals surface area contributed by atoms with Gasteiger partial charge in [-0.1, -0.05) is 29.8 Å². The molecule has 0 spiro atoms. The molecule has 21 heavy (non-hydrogen) atoms. The van der Waals surface area contributed by atoms with Crippen LogP contribution < -0.4 is 0 Å². The second kappa shape index (κ2) is 7.60. The van der Waals surface area contributed by atoms with E-state index in [1.165, 1.54) is 11.1 Å². The number of nitrogens with zero attached hydrogens (tertiary/aromatic N) is 2. The van der Waals surface area contributed by atoms with Crippen molar-refractivity contribution in [3.8, 4) is 0 Å². The summed E-state index contributed by atoms with van der Waals surface area (Å²) in [6.07, 6.45) is 2.17. The number of aryl methyl sites for hydroxylation is 1. The summed E-state index contributed by atoms with van der Waals surface area (Å²) in [6.45, 7) is 10.9. The van der Waals surface area contributed by atoms with E-state index in [0.29, 0.717) is 5.91 Å². The van der Waals surface area contributed by atoms with Crippen LogP contribution in [0.25, 0.3) is 0 Å². The molecule has 1 aromatic rings. The number of piperidine rings is 1. The summed E-state index contributed by atoms with van der Waals surface area (Å²) in [6, 6.07) is 8.73. The highest BCUT2D eigenvalue weighted by Crippen LogP contribution is 2.20.